The van der Waals surface area contributed by atoms with Gasteiger partial charge < -0.3 is 10.1 Å². The van der Waals surface area contributed by atoms with Gasteiger partial charge in [0.05, 0.1) is 12.1 Å². The fourth-order valence-electron chi connectivity index (χ4n) is 1.31. The van der Waals surface area contributed by atoms with Gasteiger partial charge in [0.2, 0.25) is 0 Å². The molecule has 4 heteroatoms. The van der Waals surface area contributed by atoms with Crippen LogP contribution >= 0.6 is 11.8 Å². The minimum absolute atomic E-state index is 0.172. The first-order valence-corrected chi connectivity index (χ1v) is 7.34. The van der Waals surface area contributed by atoms with Crippen LogP contribution in [0, 0.1) is 18.3 Å². The predicted octanol–water partition coefficient (Wildman–Crippen LogP) is 3.93. The fourth-order valence-corrected chi connectivity index (χ4v) is 2.16. The summed E-state index contributed by atoms with van der Waals surface area (Å²) in [7, 11) is 0. The number of carbonyl (C=O) groups excluding carboxylic acids is 1. The molecular weight excluding hydrogens is 270 g/mol. The second-order valence-corrected chi connectivity index (χ2v) is 6.51. The third-order valence-corrected chi connectivity index (χ3v) is 3.15. The highest BCUT2D eigenvalue weighted by Gasteiger charge is 2.17. The second kappa shape index (κ2) is 7.25. The van der Waals surface area contributed by atoms with Crippen molar-refractivity contribution in [2.24, 2.45) is 5.92 Å². The molecule has 0 bridgehead atoms. The van der Waals surface area contributed by atoms with Crippen molar-refractivity contribution in [3.63, 3.8) is 0 Å². The zero-order valence-corrected chi connectivity index (χ0v) is 13.2. The first-order chi connectivity index (χ1) is 9.32. The van der Waals surface area contributed by atoms with Crippen molar-refractivity contribution < 1.29 is 9.53 Å². The van der Waals surface area contributed by atoms with E-state index in [0.29, 0.717) is 12.5 Å². The summed E-state index contributed by atoms with van der Waals surface area (Å²) in [6, 6.07) is 7.48. The van der Waals surface area contributed by atoms with E-state index in [1.165, 1.54) is 0 Å². The standard InChI is InChI=1S/C16H21NO2S/c1-6-16(4,5)17-15(18)20-14-9-7-8-13(10-14)19-11-12(2)3/h1,7-10,12H,11H2,2-5H3,(H,17,18). The highest BCUT2D eigenvalue weighted by Crippen LogP contribution is 2.24. The van der Waals surface area contributed by atoms with Crippen molar-refractivity contribution >= 4 is 17.0 Å². The molecule has 1 amide bonds. The maximum atomic E-state index is 11.9. The second-order valence-electron chi connectivity index (χ2n) is 5.46. The van der Waals surface area contributed by atoms with Gasteiger partial charge in [0.25, 0.3) is 5.24 Å². The minimum atomic E-state index is -0.643. The Morgan fingerprint density at radius 1 is 1.50 bits per heavy atom. The van der Waals surface area contributed by atoms with Crippen molar-refractivity contribution in [3.05, 3.63) is 24.3 Å². The van der Waals surface area contributed by atoms with E-state index in [-0.39, 0.29) is 5.24 Å². The van der Waals surface area contributed by atoms with Crippen LogP contribution in [0.1, 0.15) is 27.7 Å². The van der Waals surface area contributed by atoms with E-state index in [4.69, 9.17) is 11.2 Å². The van der Waals surface area contributed by atoms with Crippen molar-refractivity contribution in [3.8, 4) is 18.1 Å². The molecule has 1 aromatic rings. The topological polar surface area (TPSA) is 38.3 Å². The molecule has 0 aliphatic carbocycles. The van der Waals surface area contributed by atoms with Gasteiger partial charge in [0.1, 0.15) is 5.75 Å². The summed E-state index contributed by atoms with van der Waals surface area (Å²) in [6.45, 7) is 8.41. The van der Waals surface area contributed by atoms with E-state index in [0.717, 1.165) is 22.4 Å². The molecule has 20 heavy (non-hydrogen) atoms. The summed E-state index contributed by atoms with van der Waals surface area (Å²) >= 11 is 1.11. The Bertz CT molecular complexity index is 503. The third kappa shape index (κ3) is 6.03. The molecule has 0 spiro atoms. The van der Waals surface area contributed by atoms with Crippen LogP contribution in [0.5, 0.6) is 5.75 Å². The van der Waals surface area contributed by atoms with Crippen molar-refractivity contribution in [2.75, 3.05) is 6.61 Å². The number of rotatable bonds is 5. The number of hydrogen-bond acceptors (Lipinski definition) is 3. The van der Waals surface area contributed by atoms with Gasteiger partial charge in [-0.1, -0.05) is 25.8 Å². The van der Waals surface area contributed by atoms with E-state index >= 15 is 0 Å². The summed E-state index contributed by atoms with van der Waals surface area (Å²) in [5.74, 6) is 3.77. The van der Waals surface area contributed by atoms with Gasteiger partial charge in [0, 0.05) is 4.90 Å². The van der Waals surface area contributed by atoms with E-state index in [9.17, 15) is 4.79 Å². The summed E-state index contributed by atoms with van der Waals surface area (Å²) in [6.07, 6.45) is 5.35. The quantitative estimate of drug-likeness (QED) is 0.660. The first kappa shape index (κ1) is 16.5. The number of ether oxygens (including phenoxy) is 1. The van der Waals surface area contributed by atoms with Crippen LogP contribution in [0.4, 0.5) is 4.79 Å². The van der Waals surface area contributed by atoms with E-state index in [1.807, 2.05) is 24.3 Å². The zero-order valence-electron chi connectivity index (χ0n) is 12.4. The van der Waals surface area contributed by atoms with Gasteiger partial charge in [-0.15, -0.1) is 6.42 Å². The van der Waals surface area contributed by atoms with Gasteiger partial charge in [-0.3, -0.25) is 4.79 Å². The summed E-state index contributed by atoms with van der Waals surface area (Å²) in [5.41, 5.74) is -0.643. The number of thioether (sulfide) groups is 1. The number of carbonyl (C=O) groups is 1. The van der Waals surface area contributed by atoms with Crippen LogP contribution in [0.25, 0.3) is 0 Å². The van der Waals surface area contributed by atoms with Gasteiger partial charge in [-0.2, -0.15) is 0 Å². The van der Waals surface area contributed by atoms with Crippen LogP contribution < -0.4 is 10.1 Å². The first-order valence-electron chi connectivity index (χ1n) is 6.53. The van der Waals surface area contributed by atoms with E-state index < -0.39 is 5.54 Å². The summed E-state index contributed by atoms with van der Waals surface area (Å²) in [4.78, 5) is 12.7. The molecule has 108 valence electrons. The third-order valence-electron chi connectivity index (χ3n) is 2.37. The fraction of sp³-hybridized carbons (Fsp3) is 0.438. The Balaban J connectivity index is 2.62. The molecule has 0 aliphatic heterocycles. The van der Waals surface area contributed by atoms with Crippen LogP contribution in [0.15, 0.2) is 29.2 Å². The molecule has 1 rings (SSSR count). The number of nitrogens with one attached hydrogen (secondary N) is 1. The monoisotopic (exact) mass is 291 g/mol. The lowest BCUT2D eigenvalue weighted by molar-refractivity contribution is 0.256. The largest absolute Gasteiger partial charge is 0.493 e. The normalized spacial score (nSPS) is 11.0. The van der Waals surface area contributed by atoms with Gasteiger partial charge in [-0.05, 0) is 49.7 Å². The zero-order chi connectivity index (χ0) is 15.2. The average Bonchev–Trinajstić information content (AvgIpc) is 2.36. The van der Waals surface area contributed by atoms with Crippen LogP contribution in [-0.4, -0.2) is 17.4 Å². The van der Waals surface area contributed by atoms with E-state index in [2.05, 4.69) is 25.1 Å². The molecule has 1 aromatic carbocycles. The van der Waals surface area contributed by atoms with Crippen molar-refractivity contribution in [2.45, 2.75) is 38.1 Å². The molecule has 0 unspecified atom stereocenters. The molecule has 0 saturated heterocycles. The number of terminal acetylenes is 1. The lowest BCUT2D eigenvalue weighted by atomic mass is 10.1. The SMILES string of the molecule is C#CC(C)(C)NC(=O)Sc1cccc(OCC(C)C)c1. The Morgan fingerprint density at radius 3 is 2.80 bits per heavy atom. The Hall–Kier alpha value is -1.60. The van der Waals surface area contributed by atoms with Crippen LogP contribution in [-0.2, 0) is 0 Å². The Labute approximate surface area is 125 Å². The Morgan fingerprint density at radius 2 is 2.20 bits per heavy atom. The van der Waals surface area contributed by atoms with Crippen molar-refractivity contribution in [1.29, 1.82) is 0 Å². The lowest BCUT2D eigenvalue weighted by Crippen LogP contribution is -2.39. The van der Waals surface area contributed by atoms with Crippen molar-refractivity contribution in [1.82, 2.24) is 5.32 Å². The number of benzene rings is 1. The number of hydrogen-bond donors (Lipinski definition) is 1. The maximum Gasteiger partial charge on any atom is 0.285 e. The summed E-state index contributed by atoms with van der Waals surface area (Å²) < 4.78 is 5.63. The molecular formula is C16H21NO2S. The molecule has 0 aliphatic rings. The highest BCUT2D eigenvalue weighted by molar-refractivity contribution is 8.13. The minimum Gasteiger partial charge on any atom is -0.493 e. The van der Waals surface area contributed by atoms with Crippen LogP contribution in [0.2, 0.25) is 0 Å². The molecule has 0 atom stereocenters. The van der Waals surface area contributed by atoms with Gasteiger partial charge in [0.15, 0.2) is 0 Å². The Kier molecular flexibility index (Phi) is 5.97. The molecule has 0 fully saturated rings. The molecule has 0 heterocycles. The molecule has 1 N–H and O–H groups in total. The smallest absolute Gasteiger partial charge is 0.285 e. The summed E-state index contributed by atoms with van der Waals surface area (Å²) in [5, 5.41) is 2.60. The lowest BCUT2D eigenvalue weighted by Gasteiger charge is -2.19. The molecule has 3 nitrogen and oxygen atoms in total. The van der Waals surface area contributed by atoms with Gasteiger partial charge >= 0.3 is 0 Å². The molecule has 0 radical (unpaired) electrons. The average molecular weight is 291 g/mol. The van der Waals surface area contributed by atoms with E-state index in [1.54, 1.807) is 13.8 Å². The molecule has 0 saturated carbocycles. The van der Waals surface area contributed by atoms with Crippen LogP contribution in [0.3, 0.4) is 0 Å². The highest BCUT2D eigenvalue weighted by atomic mass is 32.2. The maximum absolute atomic E-state index is 11.9. The molecule has 0 aromatic heterocycles. The van der Waals surface area contributed by atoms with Gasteiger partial charge in [-0.25, -0.2) is 0 Å². The number of amides is 1. The predicted molar refractivity (Wildman–Crippen MR) is 84.1 cm³/mol.